The van der Waals surface area contributed by atoms with Crippen molar-refractivity contribution in [3.63, 3.8) is 0 Å². The number of ether oxygens (including phenoxy) is 1. The SMILES string of the molecule is Cn1nc(COCC(F)F)cc1C(=O)Nc1ccn[nH]1. The van der Waals surface area contributed by atoms with E-state index in [4.69, 9.17) is 4.74 Å². The number of amides is 1. The van der Waals surface area contributed by atoms with Gasteiger partial charge in [0.05, 0.1) is 18.5 Å². The van der Waals surface area contributed by atoms with E-state index in [2.05, 4.69) is 20.6 Å². The van der Waals surface area contributed by atoms with Crippen LogP contribution in [0, 0.1) is 0 Å². The predicted octanol–water partition coefficient (Wildman–Crippen LogP) is 1.18. The van der Waals surface area contributed by atoms with Crippen molar-refractivity contribution < 1.29 is 18.3 Å². The van der Waals surface area contributed by atoms with Gasteiger partial charge in [0.25, 0.3) is 12.3 Å². The van der Waals surface area contributed by atoms with E-state index in [1.165, 1.54) is 16.9 Å². The van der Waals surface area contributed by atoms with E-state index in [0.717, 1.165) is 0 Å². The van der Waals surface area contributed by atoms with Crippen LogP contribution in [0.1, 0.15) is 16.2 Å². The minimum Gasteiger partial charge on any atom is -0.369 e. The Morgan fingerprint density at radius 3 is 3.05 bits per heavy atom. The third kappa shape index (κ3) is 3.60. The number of nitrogens with zero attached hydrogens (tertiary/aromatic N) is 3. The number of alkyl halides is 2. The number of hydrogen-bond donors (Lipinski definition) is 2. The highest BCUT2D eigenvalue weighted by atomic mass is 19.3. The average molecular weight is 285 g/mol. The van der Waals surface area contributed by atoms with Crippen molar-refractivity contribution in [2.45, 2.75) is 13.0 Å². The molecule has 1 amide bonds. The maximum Gasteiger partial charge on any atom is 0.275 e. The Morgan fingerprint density at radius 1 is 1.60 bits per heavy atom. The standard InChI is InChI=1S/C11H13F2N5O2/c1-18-8(11(19)15-10-2-3-14-16-10)4-7(17-18)5-20-6-9(12)13/h2-4,9H,5-6H2,1H3,(H2,14,15,16,19). The van der Waals surface area contributed by atoms with Crippen LogP contribution in [-0.4, -0.2) is 38.9 Å². The van der Waals surface area contributed by atoms with Crippen LogP contribution in [0.3, 0.4) is 0 Å². The first-order valence-electron chi connectivity index (χ1n) is 5.76. The lowest BCUT2D eigenvalue weighted by atomic mass is 10.3. The van der Waals surface area contributed by atoms with E-state index < -0.39 is 13.0 Å². The second-order valence-corrected chi connectivity index (χ2v) is 3.98. The molecule has 0 aromatic carbocycles. The lowest BCUT2D eigenvalue weighted by molar-refractivity contribution is 0.00871. The fourth-order valence-corrected chi connectivity index (χ4v) is 1.57. The topological polar surface area (TPSA) is 84.8 Å². The van der Waals surface area contributed by atoms with E-state index in [9.17, 15) is 13.6 Å². The number of H-pyrrole nitrogens is 1. The number of nitrogens with one attached hydrogen (secondary N) is 2. The Hall–Kier alpha value is -2.29. The normalized spacial score (nSPS) is 11.0. The molecule has 0 saturated carbocycles. The molecule has 0 radical (unpaired) electrons. The summed E-state index contributed by atoms with van der Waals surface area (Å²) in [6, 6.07) is 3.08. The number of aryl methyl sites for hydroxylation is 1. The monoisotopic (exact) mass is 285 g/mol. The Labute approximate surface area is 112 Å². The van der Waals surface area contributed by atoms with Gasteiger partial charge >= 0.3 is 0 Å². The number of carbonyl (C=O) groups excluding carboxylic acids is 1. The Kier molecular flexibility index (Phi) is 4.41. The second kappa shape index (κ2) is 6.24. The van der Waals surface area contributed by atoms with Gasteiger partial charge in [-0.3, -0.25) is 14.6 Å². The van der Waals surface area contributed by atoms with Crippen molar-refractivity contribution in [1.29, 1.82) is 0 Å². The fraction of sp³-hybridized carbons (Fsp3) is 0.364. The molecule has 0 aliphatic carbocycles. The molecule has 2 rings (SSSR count). The van der Waals surface area contributed by atoms with E-state index in [1.807, 2.05) is 0 Å². The molecule has 9 heteroatoms. The van der Waals surface area contributed by atoms with Gasteiger partial charge in [0, 0.05) is 13.1 Å². The Bertz CT molecular complexity index is 567. The summed E-state index contributed by atoms with van der Waals surface area (Å²) in [6.45, 7) is -0.734. The number of halogens is 2. The zero-order valence-electron chi connectivity index (χ0n) is 10.6. The third-order valence-corrected chi connectivity index (χ3v) is 2.41. The third-order valence-electron chi connectivity index (χ3n) is 2.41. The highest BCUT2D eigenvalue weighted by molar-refractivity contribution is 6.02. The number of aromatic amines is 1. The molecule has 20 heavy (non-hydrogen) atoms. The van der Waals surface area contributed by atoms with Gasteiger partial charge in [-0.15, -0.1) is 0 Å². The molecule has 0 fully saturated rings. The first-order chi connectivity index (χ1) is 9.56. The van der Waals surface area contributed by atoms with Crippen LogP contribution in [0.2, 0.25) is 0 Å². The predicted molar refractivity (Wildman–Crippen MR) is 65.4 cm³/mol. The van der Waals surface area contributed by atoms with Gasteiger partial charge in [-0.1, -0.05) is 0 Å². The summed E-state index contributed by atoms with van der Waals surface area (Å²) in [6.07, 6.45) is -1.02. The van der Waals surface area contributed by atoms with Gasteiger partial charge in [-0.25, -0.2) is 8.78 Å². The summed E-state index contributed by atoms with van der Waals surface area (Å²) in [7, 11) is 1.58. The molecule has 108 valence electrons. The van der Waals surface area contributed by atoms with Crippen LogP contribution < -0.4 is 5.32 Å². The summed E-state index contributed by atoms with van der Waals surface area (Å²) in [5.74, 6) is 0.0658. The molecule has 2 N–H and O–H groups in total. The summed E-state index contributed by atoms with van der Waals surface area (Å²) in [4.78, 5) is 11.9. The van der Waals surface area contributed by atoms with Crippen LogP contribution in [0.25, 0.3) is 0 Å². The molecule has 0 saturated heterocycles. The highest BCUT2D eigenvalue weighted by Gasteiger charge is 2.14. The molecule has 0 atom stereocenters. The van der Waals surface area contributed by atoms with Gasteiger partial charge in [0.2, 0.25) is 0 Å². The number of rotatable bonds is 6. The second-order valence-electron chi connectivity index (χ2n) is 3.98. The zero-order valence-corrected chi connectivity index (χ0v) is 10.6. The van der Waals surface area contributed by atoms with Crippen LogP contribution in [-0.2, 0) is 18.4 Å². The van der Waals surface area contributed by atoms with Crippen molar-refractivity contribution in [2.24, 2.45) is 7.05 Å². The molecule has 2 aromatic heterocycles. The largest absolute Gasteiger partial charge is 0.369 e. The molecule has 0 bridgehead atoms. The van der Waals surface area contributed by atoms with Crippen molar-refractivity contribution in [3.8, 4) is 0 Å². The van der Waals surface area contributed by atoms with Crippen molar-refractivity contribution in [2.75, 3.05) is 11.9 Å². The molecule has 2 heterocycles. The number of anilines is 1. The minimum atomic E-state index is -2.53. The van der Waals surface area contributed by atoms with Crippen molar-refractivity contribution >= 4 is 11.7 Å². The fourth-order valence-electron chi connectivity index (χ4n) is 1.57. The highest BCUT2D eigenvalue weighted by Crippen LogP contribution is 2.08. The summed E-state index contributed by atoms with van der Waals surface area (Å²) in [5, 5.41) is 12.9. The first kappa shape index (κ1) is 14.1. The van der Waals surface area contributed by atoms with E-state index in [0.29, 0.717) is 11.5 Å². The van der Waals surface area contributed by atoms with Crippen LogP contribution in [0.5, 0.6) is 0 Å². The summed E-state index contributed by atoms with van der Waals surface area (Å²) >= 11 is 0. The van der Waals surface area contributed by atoms with Gasteiger partial charge in [-0.05, 0) is 6.07 Å². The molecular weight excluding hydrogens is 272 g/mol. The molecule has 2 aromatic rings. The smallest absolute Gasteiger partial charge is 0.275 e. The number of aromatic nitrogens is 4. The number of hydrogen-bond acceptors (Lipinski definition) is 4. The summed E-state index contributed by atoms with van der Waals surface area (Å²) < 4.78 is 30.0. The average Bonchev–Trinajstić information content (AvgIpc) is 2.98. The quantitative estimate of drug-likeness (QED) is 0.834. The number of carbonyl (C=O) groups is 1. The lowest BCUT2D eigenvalue weighted by Gasteiger charge is -2.01. The molecule has 7 nitrogen and oxygen atoms in total. The zero-order chi connectivity index (χ0) is 14.5. The first-order valence-corrected chi connectivity index (χ1v) is 5.76. The minimum absolute atomic E-state index is 0.0739. The van der Waals surface area contributed by atoms with E-state index in [1.54, 1.807) is 13.1 Å². The van der Waals surface area contributed by atoms with Crippen LogP contribution >= 0.6 is 0 Å². The van der Waals surface area contributed by atoms with Crippen molar-refractivity contribution in [3.05, 3.63) is 29.7 Å². The molecule has 0 unspecified atom stereocenters. The van der Waals surface area contributed by atoms with Gasteiger partial charge < -0.3 is 10.1 Å². The van der Waals surface area contributed by atoms with Crippen LogP contribution in [0.15, 0.2) is 18.3 Å². The maximum absolute atomic E-state index is 11.9. The molecule has 0 aliphatic rings. The Balaban J connectivity index is 1.98. The van der Waals surface area contributed by atoms with Crippen molar-refractivity contribution in [1.82, 2.24) is 20.0 Å². The van der Waals surface area contributed by atoms with Gasteiger partial charge in [-0.2, -0.15) is 10.2 Å². The van der Waals surface area contributed by atoms with Crippen LogP contribution in [0.4, 0.5) is 14.6 Å². The lowest BCUT2D eigenvalue weighted by Crippen LogP contribution is -2.16. The molecule has 0 spiro atoms. The summed E-state index contributed by atoms with van der Waals surface area (Å²) in [5.41, 5.74) is 0.693. The van der Waals surface area contributed by atoms with Gasteiger partial charge in [0.15, 0.2) is 0 Å². The molecular formula is C11H13F2N5O2. The Morgan fingerprint density at radius 2 is 2.40 bits per heavy atom. The molecule has 0 aliphatic heterocycles. The van der Waals surface area contributed by atoms with Gasteiger partial charge in [0.1, 0.15) is 18.1 Å². The maximum atomic E-state index is 11.9. The van der Waals surface area contributed by atoms with E-state index >= 15 is 0 Å². The van der Waals surface area contributed by atoms with E-state index in [-0.39, 0.29) is 18.2 Å².